The molecule has 0 bridgehead atoms. The first-order valence-corrected chi connectivity index (χ1v) is 7.62. The summed E-state index contributed by atoms with van der Waals surface area (Å²) in [6.45, 7) is 4.62. The number of benzene rings is 1. The molecule has 6 heteroatoms. The van der Waals surface area contributed by atoms with Gasteiger partial charge in [-0.15, -0.1) is 0 Å². The molecule has 0 amide bonds. The van der Waals surface area contributed by atoms with Crippen LogP contribution in [0.25, 0.3) is 0 Å². The lowest BCUT2D eigenvalue weighted by molar-refractivity contribution is 0.0521. The molecule has 0 fully saturated rings. The van der Waals surface area contributed by atoms with Gasteiger partial charge in [-0.1, -0.05) is 35.0 Å². The van der Waals surface area contributed by atoms with Crippen molar-refractivity contribution in [1.29, 1.82) is 0 Å². The highest BCUT2D eigenvalue weighted by Crippen LogP contribution is 2.19. The van der Waals surface area contributed by atoms with E-state index >= 15 is 0 Å². The van der Waals surface area contributed by atoms with E-state index in [1.807, 2.05) is 35.8 Å². The zero-order chi connectivity index (χ0) is 15.4. The molecule has 2 aromatic rings. The van der Waals surface area contributed by atoms with Gasteiger partial charge in [0.1, 0.15) is 11.6 Å². The molecule has 0 saturated heterocycles. The van der Waals surface area contributed by atoms with E-state index in [0.717, 1.165) is 15.9 Å². The van der Waals surface area contributed by atoms with Gasteiger partial charge in [0.15, 0.2) is 5.69 Å². The summed E-state index contributed by atoms with van der Waals surface area (Å²) in [4.78, 5) is 16.2. The highest BCUT2D eigenvalue weighted by atomic mass is 79.9. The van der Waals surface area contributed by atoms with Crippen molar-refractivity contribution >= 4 is 27.7 Å². The monoisotopic (exact) mass is 351 g/mol. The Bertz CT molecular complexity index is 635. The summed E-state index contributed by atoms with van der Waals surface area (Å²) in [5.41, 5.74) is 7.37. The molecule has 0 atom stereocenters. The molecule has 0 unspecified atom stereocenters. The molecule has 2 N–H and O–H groups in total. The minimum atomic E-state index is -0.473. The van der Waals surface area contributed by atoms with Crippen molar-refractivity contribution in [3.63, 3.8) is 0 Å². The molecule has 0 aliphatic rings. The Kier molecular flexibility index (Phi) is 5.01. The van der Waals surface area contributed by atoms with Gasteiger partial charge in [0, 0.05) is 10.9 Å². The van der Waals surface area contributed by atoms with E-state index < -0.39 is 5.97 Å². The first-order chi connectivity index (χ1) is 10.1. The Morgan fingerprint density at radius 2 is 2.00 bits per heavy atom. The molecule has 1 aromatic carbocycles. The van der Waals surface area contributed by atoms with Gasteiger partial charge in [0.05, 0.1) is 13.2 Å². The van der Waals surface area contributed by atoms with Crippen LogP contribution in [-0.2, 0) is 17.7 Å². The van der Waals surface area contributed by atoms with Crippen LogP contribution < -0.4 is 5.73 Å². The second kappa shape index (κ2) is 6.76. The van der Waals surface area contributed by atoms with E-state index in [-0.39, 0.29) is 5.69 Å². The Labute approximate surface area is 132 Å². The number of nitrogen functional groups attached to an aromatic ring is 1. The number of hydrogen-bond donors (Lipinski definition) is 1. The van der Waals surface area contributed by atoms with E-state index in [9.17, 15) is 4.79 Å². The third-order valence-electron chi connectivity index (χ3n) is 3.12. The lowest BCUT2D eigenvalue weighted by atomic mass is 10.2. The predicted molar refractivity (Wildman–Crippen MR) is 85.2 cm³/mol. The second-order valence-electron chi connectivity index (χ2n) is 4.55. The Hall–Kier alpha value is -1.82. The van der Waals surface area contributed by atoms with Crippen molar-refractivity contribution in [2.24, 2.45) is 0 Å². The van der Waals surface area contributed by atoms with Gasteiger partial charge in [-0.25, -0.2) is 9.78 Å². The minimum Gasteiger partial charge on any atom is -0.461 e. The SMILES string of the molecule is CCOC(=O)c1nc(CC)n(Cc2ccc(Br)cc2)c1N. The van der Waals surface area contributed by atoms with Gasteiger partial charge < -0.3 is 15.0 Å². The van der Waals surface area contributed by atoms with Crippen LogP contribution >= 0.6 is 15.9 Å². The van der Waals surface area contributed by atoms with Gasteiger partial charge in [-0.2, -0.15) is 0 Å². The number of carbonyl (C=O) groups excluding carboxylic acids is 1. The van der Waals surface area contributed by atoms with E-state index in [1.165, 1.54) is 0 Å². The van der Waals surface area contributed by atoms with Crippen LogP contribution in [0.3, 0.4) is 0 Å². The number of hydrogen-bond acceptors (Lipinski definition) is 4. The van der Waals surface area contributed by atoms with Gasteiger partial charge in [0.25, 0.3) is 0 Å². The van der Waals surface area contributed by atoms with Crippen molar-refractivity contribution in [1.82, 2.24) is 9.55 Å². The molecular weight excluding hydrogens is 334 g/mol. The third-order valence-corrected chi connectivity index (χ3v) is 3.65. The second-order valence-corrected chi connectivity index (χ2v) is 5.46. The molecule has 0 spiro atoms. The lowest BCUT2D eigenvalue weighted by Gasteiger charge is -2.09. The van der Waals surface area contributed by atoms with Crippen molar-refractivity contribution in [2.45, 2.75) is 26.8 Å². The van der Waals surface area contributed by atoms with Crippen LogP contribution in [0, 0.1) is 0 Å². The molecule has 0 saturated carbocycles. The number of nitrogens with two attached hydrogens (primary N) is 1. The summed E-state index contributed by atoms with van der Waals surface area (Å²) in [6.07, 6.45) is 0.695. The van der Waals surface area contributed by atoms with Crippen molar-refractivity contribution in [2.75, 3.05) is 12.3 Å². The molecule has 1 aromatic heterocycles. The number of rotatable bonds is 5. The van der Waals surface area contributed by atoms with Gasteiger partial charge >= 0.3 is 5.97 Å². The first-order valence-electron chi connectivity index (χ1n) is 6.83. The number of nitrogens with zero attached hydrogens (tertiary/aromatic N) is 2. The highest BCUT2D eigenvalue weighted by Gasteiger charge is 2.20. The fraction of sp³-hybridized carbons (Fsp3) is 0.333. The number of esters is 1. The Morgan fingerprint density at radius 3 is 2.57 bits per heavy atom. The smallest absolute Gasteiger partial charge is 0.360 e. The van der Waals surface area contributed by atoms with E-state index in [2.05, 4.69) is 20.9 Å². The normalized spacial score (nSPS) is 10.6. The maximum atomic E-state index is 11.9. The van der Waals surface area contributed by atoms with Crippen LogP contribution in [0.4, 0.5) is 5.82 Å². The maximum absolute atomic E-state index is 11.9. The molecule has 5 nitrogen and oxygen atoms in total. The maximum Gasteiger partial charge on any atom is 0.360 e. The van der Waals surface area contributed by atoms with Crippen LogP contribution in [0.5, 0.6) is 0 Å². The molecule has 0 aliphatic carbocycles. The topological polar surface area (TPSA) is 70.1 Å². The van der Waals surface area contributed by atoms with Crippen molar-refractivity contribution < 1.29 is 9.53 Å². The molecule has 2 rings (SSSR count). The van der Waals surface area contributed by atoms with Crippen LogP contribution in [0.1, 0.15) is 35.7 Å². The summed E-state index contributed by atoms with van der Waals surface area (Å²) in [7, 11) is 0. The van der Waals surface area contributed by atoms with Crippen LogP contribution in [-0.4, -0.2) is 22.1 Å². The highest BCUT2D eigenvalue weighted by molar-refractivity contribution is 9.10. The number of aryl methyl sites for hydroxylation is 1. The number of ether oxygens (including phenoxy) is 1. The Morgan fingerprint density at radius 1 is 1.33 bits per heavy atom. The van der Waals surface area contributed by atoms with E-state index in [1.54, 1.807) is 6.92 Å². The quantitative estimate of drug-likeness (QED) is 0.840. The fourth-order valence-corrected chi connectivity index (χ4v) is 2.35. The molecule has 1 heterocycles. The number of anilines is 1. The van der Waals surface area contributed by atoms with Crippen LogP contribution in [0.2, 0.25) is 0 Å². The summed E-state index contributed by atoms with van der Waals surface area (Å²) >= 11 is 3.41. The van der Waals surface area contributed by atoms with E-state index in [0.29, 0.717) is 25.4 Å². The summed E-state index contributed by atoms with van der Waals surface area (Å²) in [5.74, 6) is 0.658. The summed E-state index contributed by atoms with van der Waals surface area (Å²) in [5, 5.41) is 0. The zero-order valence-corrected chi connectivity index (χ0v) is 13.7. The number of carbonyl (C=O) groups is 1. The molecule has 0 radical (unpaired) electrons. The molecular formula is C15H18BrN3O2. The standard InChI is InChI=1S/C15H18BrN3O2/c1-3-12-18-13(15(20)21-4-2)14(17)19(12)9-10-5-7-11(16)8-6-10/h5-8H,3-4,9,17H2,1-2H3. The van der Waals surface area contributed by atoms with Gasteiger partial charge in [-0.05, 0) is 24.6 Å². The number of imidazole rings is 1. The van der Waals surface area contributed by atoms with Crippen LogP contribution in [0.15, 0.2) is 28.7 Å². The fourth-order valence-electron chi connectivity index (χ4n) is 2.08. The number of halogens is 1. The molecule has 112 valence electrons. The average Bonchev–Trinajstić information content (AvgIpc) is 2.78. The molecule has 0 aliphatic heterocycles. The predicted octanol–water partition coefficient (Wildman–Crippen LogP) is 3.02. The minimum absolute atomic E-state index is 0.200. The van der Waals surface area contributed by atoms with Gasteiger partial charge in [0.2, 0.25) is 0 Å². The lowest BCUT2D eigenvalue weighted by Crippen LogP contribution is -2.11. The van der Waals surface area contributed by atoms with E-state index in [4.69, 9.17) is 10.5 Å². The summed E-state index contributed by atoms with van der Waals surface area (Å²) < 4.78 is 7.86. The number of aromatic nitrogens is 2. The summed E-state index contributed by atoms with van der Waals surface area (Å²) in [6, 6.07) is 7.96. The van der Waals surface area contributed by atoms with Crippen molar-refractivity contribution in [3.05, 3.63) is 45.8 Å². The Balaban J connectivity index is 2.34. The van der Waals surface area contributed by atoms with Crippen molar-refractivity contribution in [3.8, 4) is 0 Å². The first kappa shape index (κ1) is 15.6. The molecule has 21 heavy (non-hydrogen) atoms. The third kappa shape index (κ3) is 3.44. The average molecular weight is 352 g/mol. The zero-order valence-electron chi connectivity index (χ0n) is 12.1. The van der Waals surface area contributed by atoms with Gasteiger partial charge in [-0.3, -0.25) is 0 Å². The largest absolute Gasteiger partial charge is 0.461 e.